The summed E-state index contributed by atoms with van der Waals surface area (Å²) in [5, 5.41) is 6.91. The number of carbonyl (C=O) groups excluding carboxylic acids is 1. The quantitative estimate of drug-likeness (QED) is 0.826. The summed E-state index contributed by atoms with van der Waals surface area (Å²) in [7, 11) is 0. The minimum atomic E-state index is -0.158. The molecule has 2 aromatic rings. The summed E-state index contributed by atoms with van der Waals surface area (Å²) in [6.45, 7) is 5.83. The fourth-order valence-electron chi connectivity index (χ4n) is 1.60. The Morgan fingerprint density at radius 3 is 3.06 bits per heavy atom. The molecule has 0 bridgehead atoms. The first-order valence-electron chi connectivity index (χ1n) is 5.59. The number of rotatable bonds is 4. The first-order chi connectivity index (χ1) is 8.74. The molecule has 2 rings (SSSR count). The van der Waals surface area contributed by atoms with Gasteiger partial charge in [0.25, 0.3) is 5.91 Å². The molecular formula is C13H14N4O. The van der Waals surface area contributed by atoms with Crippen molar-refractivity contribution in [1.82, 2.24) is 20.1 Å². The van der Waals surface area contributed by atoms with Gasteiger partial charge in [0.15, 0.2) is 5.82 Å². The summed E-state index contributed by atoms with van der Waals surface area (Å²) in [6.07, 6.45) is 4.87. The lowest BCUT2D eigenvalue weighted by atomic mass is 10.2. The highest BCUT2D eigenvalue weighted by Gasteiger charge is 2.14. The standard InChI is InChI=1S/C13H14N4O/c1-3-7-15-13(18)11-9-16-17(10(11)2)12-6-4-5-8-14-12/h3-6,8-9H,1,7H2,2H3,(H,15,18). The highest BCUT2D eigenvalue weighted by molar-refractivity contribution is 5.95. The van der Waals surface area contributed by atoms with Gasteiger partial charge in [0.1, 0.15) is 0 Å². The van der Waals surface area contributed by atoms with Gasteiger partial charge in [-0.1, -0.05) is 12.1 Å². The molecule has 2 aromatic heterocycles. The molecular weight excluding hydrogens is 228 g/mol. The Kier molecular flexibility index (Phi) is 3.52. The lowest BCUT2D eigenvalue weighted by molar-refractivity contribution is 0.0957. The highest BCUT2D eigenvalue weighted by atomic mass is 16.1. The van der Waals surface area contributed by atoms with E-state index in [4.69, 9.17) is 0 Å². The van der Waals surface area contributed by atoms with E-state index in [-0.39, 0.29) is 5.91 Å². The van der Waals surface area contributed by atoms with Crippen molar-refractivity contribution in [3.63, 3.8) is 0 Å². The number of amides is 1. The van der Waals surface area contributed by atoms with Crippen LogP contribution in [0.3, 0.4) is 0 Å². The molecule has 5 nitrogen and oxygen atoms in total. The average molecular weight is 242 g/mol. The maximum Gasteiger partial charge on any atom is 0.255 e. The third kappa shape index (κ3) is 2.29. The molecule has 1 N–H and O–H groups in total. The van der Waals surface area contributed by atoms with E-state index in [9.17, 15) is 4.79 Å². The van der Waals surface area contributed by atoms with Crippen LogP contribution in [0.2, 0.25) is 0 Å². The molecule has 5 heteroatoms. The third-order valence-corrected chi connectivity index (χ3v) is 2.53. The summed E-state index contributed by atoms with van der Waals surface area (Å²) in [5.41, 5.74) is 1.30. The second-order valence-electron chi connectivity index (χ2n) is 3.74. The van der Waals surface area contributed by atoms with Crippen LogP contribution in [-0.2, 0) is 0 Å². The Morgan fingerprint density at radius 1 is 1.56 bits per heavy atom. The Hall–Kier alpha value is -2.43. The second kappa shape index (κ2) is 5.27. The lowest BCUT2D eigenvalue weighted by Gasteiger charge is -2.04. The Bertz CT molecular complexity index is 560. The van der Waals surface area contributed by atoms with Crippen LogP contribution in [0.25, 0.3) is 5.82 Å². The van der Waals surface area contributed by atoms with Gasteiger partial charge in [-0.05, 0) is 19.1 Å². The van der Waals surface area contributed by atoms with Crippen LogP contribution in [0, 0.1) is 6.92 Å². The summed E-state index contributed by atoms with van der Waals surface area (Å²) in [4.78, 5) is 16.0. The number of hydrogen-bond donors (Lipinski definition) is 1. The molecule has 0 aliphatic rings. The highest BCUT2D eigenvalue weighted by Crippen LogP contribution is 2.11. The van der Waals surface area contributed by atoms with Crippen LogP contribution in [0.4, 0.5) is 0 Å². The van der Waals surface area contributed by atoms with Crippen LogP contribution in [0.15, 0.2) is 43.2 Å². The van der Waals surface area contributed by atoms with Crippen LogP contribution < -0.4 is 5.32 Å². The third-order valence-electron chi connectivity index (χ3n) is 2.53. The molecule has 18 heavy (non-hydrogen) atoms. The van der Waals surface area contributed by atoms with Crippen LogP contribution >= 0.6 is 0 Å². The van der Waals surface area contributed by atoms with E-state index < -0.39 is 0 Å². The molecule has 0 atom stereocenters. The van der Waals surface area contributed by atoms with E-state index in [1.165, 1.54) is 0 Å². The van der Waals surface area contributed by atoms with Gasteiger partial charge in [-0.3, -0.25) is 4.79 Å². The molecule has 2 heterocycles. The van der Waals surface area contributed by atoms with Gasteiger partial charge in [0.05, 0.1) is 17.5 Å². The summed E-state index contributed by atoms with van der Waals surface area (Å²) in [6, 6.07) is 5.55. The molecule has 0 unspecified atom stereocenters. The van der Waals surface area contributed by atoms with Gasteiger partial charge in [-0.15, -0.1) is 6.58 Å². The molecule has 0 saturated carbocycles. The van der Waals surface area contributed by atoms with E-state index in [2.05, 4.69) is 22.0 Å². The lowest BCUT2D eigenvalue weighted by Crippen LogP contribution is -2.23. The van der Waals surface area contributed by atoms with Gasteiger partial charge in [0, 0.05) is 12.7 Å². The van der Waals surface area contributed by atoms with E-state index in [1.807, 2.05) is 25.1 Å². The fraction of sp³-hybridized carbons (Fsp3) is 0.154. The summed E-state index contributed by atoms with van der Waals surface area (Å²) < 4.78 is 1.64. The van der Waals surface area contributed by atoms with Crippen molar-refractivity contribution in [2.45, 2.75) is 6.92 Å². The monoisotopic (exact) mass is 242 g/mol. The fourth-order valence-corrected chi connectivity index (χ4v) is 1.60. The predicted octanol–water partition coefficient (Wildman–Crippen LogP) is 1.49. The molecule has 92 valence electrons. The zero-order valence-corrected chi connectivity index (χ0v) is 10.1. The van der Waals surface area contributed by atoms with E-state index in [0.29, 0.717) is 17.9 Å². The Labute approximate surface area is 105 Å². The van der Waals surface area contributed by atoms with Crippen LogP contribution in [0.1, 0.15) is 16.1 Å². The average Bonchev–Trinajstić information content (AvgIpc) is 2.79. The van der Waals surface area contributed by atoms with Crippen molar-refractivity contribution in [1.29, 1.82) is 0 Å². The van der Waals surface area contributed by atoms with E-state index in [1.54, 1.807) is 23.2 Å². The van der Waals surface area contributed by atoms with Crippen molar-refractivity contribution >= 4 is 5.91 Å². The van der Waals surface area contributed by atoms with Gasteiger partial charge >= 0.3 is 0 Å². The van der Waals surface area contributed by atoms with Crippen molar-refractivity contribution in [2.75, 3.05) is 6.54 Å². The molecule has 0 saturated heterocycles. The first-order valence-corrected chi connectivity index (χ1v) is 5.59. The largest absolute Gasteiger partial charge is 0.348 e. The second-order valence-corrected chi connectivity index (χ2v) is 3.74. The predicted molar refractivity (Wildman–Crippen MR) is 68.6 cm³/mol. The normalized spacial score (nSPS) is 10.1. The number of nitrogens with one attached hydrogen (secondary N) is 1. The Balaban J connectivity index is 2.29. The van der Waals surface area contributed by atoms with E-state index in [0.717, 1.165) is 5.69 Å². The minimum absolute atomic E-state index is 0.158. The molecule has 0 radical (unpaired) electrons. The number of hydrogen-bond acceptors (Lipinski definition) is 3. The maximum absolute atomic E-state index is 11.8. The van der Waals surface area contributed by atoms with Crippen LogP contribution in [0.5, 0.6) is 0 Å². The Morgan fingerprint density at radius 2 is 2.39 bits per heavy atom. The molecule has 1 amide bonds. The summed E-state index contributed by atoms with van der Waals surface area (Å²) >= 11 is 0. The SMILES string of the molecule is C=CCNC(=O)c1cnn(-c2ccccn2)c1C. The molecule has 0 aliphatic carbocycles. The maximum atomic E-state index is 11.8. The number of aromatic nitrogens is 3. The van der Waals surface area contributed by atoms with E-state index >= 15 is 0 Å². The van der Waals surface area contributed by atoms with Gasteiger partial charge < -0.3 is 5.32 Å². The molecule has 0 aromatic carbocycles. The summed E-state index contributed by atoms with van der Waals surface area (Å²) in [5.74, 6) is 0.535. The number of pyridine rings is 1. The van der Waals surface area contributed by atoms with Crippen LogP contribution in [-0.4, -0.2) is 27.2 Å². The zero-order chi connectivity index (χ0) is 13.0. The van der Waals surface area contributed by atoms with Crippen molar-refractivity contribution in [3.05, 3.63) is 54.5 Å². The smallest absolute Gasteiger partial charge is 0.255 e. The molecule has 0 aliphatic heterocycles. The topological polar surface area (TPSA) is 59.8 Å². The van der Waals surface area contributed by atoms with Crippen molar-refractivity contribution < 1.29 is 4.79 Å². The first kappa shape index (κ1) is 12.0. The molecule has 0 fully saturated rings. The van der Waals surface area contributed by atoms with Gasteiger partial charge in [-0.25, -0.2) is 9.67 Å². The van der Waals surface area contributed by atoms with Gasteiger partial charge in [-0.2, -0.15) is 5.10 Å². The zero-order valence-electron chi connectivity index (χ0n) is 10.1. The van der Waals surface area contributed by atoms with Crippen molar-refractivity contribution in [3.8, 4) is 5.82 Å². The number of carbonyl (C=O) groups is 1. The van der Waals surface area contributed by atoms with Crippen molar-refractivity contribution in [2.24, 2.45) is 0 Å². The minimum Gasteiger partial charge on any atom is -0.348 e. The molecule has 0 spiro atoms. The number of nitrogens with zero attached hydrogens (tertiary/aromatic N) is 3. The van der Waals surface area contributed by atoms with Gasteiger partial charge in [0.2, 0.25) is 0 Å².